The molecule has 0 N–H and O–H groups in total. The minimum atomic E-state index is 0.0738. The van der Waals surface area contributed by atoms with Crippen LogP contribution in [0.2, 0.25) is 0 Å². The van der Waals surface area contributed by atoms with Gasteiger partial charge in [0.15, 0.2) is 0 Å². The van der Waals surface area contributed by atoms with Gasteiger partial charge in [-0.15, -0.1) is 10.2 Å². The summed E-state index contributed by atoms with van der Waals surface area (Å²) in [5.74, 6) is 0.148. The summed E-state index contributed by atoms with van der Waals surface area (Å²) >= 11 is 0. The lowest BCUT2D eigenvalue weighted by Gasteiger charge is -2.16. The van der Waals surface area contributed by atoms with Crippen LogP contribution in [0.1, 0.15) is 11.1 Å². The molecule has 5 heterocycles. The van der Waals surface area contributed by atoms with Crippen molar-refractivity contribution in [3.05, 3.63) is 230 Å². The van der Waals surface area contributed by atoms with Crippen molar-refractivity contribution in [1.82, 2.24) is 30.1 Å². The maximum atomic E-state index is 11.2. The molecule has 9 heteroatoms. The first-order chi connectivity index (χ1) is 36.1. The summed E-state index contributed by atoms with van der Waals surface area (Å²) in [4.78, 5) is 21.4. The highest BCUT2D eigenvalue weighted by molar-refractivity contribution is 6.16. The number of hydrogen-bond acceptors (Lipinski definition) is 9. The van der Waals surface area contributed by atoms with Crippen LogP contribution in [0.15, 0.2) is 223 Å². The Labute approximate surface area is 418 Å². The van der Waals surface area contributed by atoms with Crippen molar-refractivity contribution in [2.75, 3.05) is 0 Å². The van der Waals surface area contributed by atoms with Crippen molar-refractivity contribution in [3.8, 4) is 102 Å². The number of hydrogen-bond donors (Lipinski definition) is 0. The molecular weight excluding hydrogens is 897 g/mol. The smallest absolute Gasteiger partial charge is 0.250 e. The van der Waals surface area contributed by atoms with Crippen LogP contribution < -0.4 is 0 Å². The Morgan fingerprint density at radius 2 is 0.616 bits per heavy atom. The molecule has 0 unspecified atom stereocenters. The van der Waals surface area contributed by atoms with Crippen molar-refractivity contribution in [2.24, 2.45) is 0 Å². The minimum Gasteiger partial charge on any atom is -0.416 e. The molecule has 0 radical (unpaired) electrons. The van der Waals surface area contributed by atoms with Crippen LogP contribution in [0.4, 0.5) is 0 Å². The standard InChI is InChI=1S/C64H36N8O/c65-37-51-55(47-33-31-45-49(39-19-7-1-8-20-39)35-53(41-23-11-3-12-24-41)67-59(45)61(47)69-57(51)43-27-15-5-16-28-43)63-71-72-64(73-63)56-48-34-32-46-50(40-21-9-2-10-22-40)36-54(42-25-13-4-14-26-42)68-60(46)62(48)70-58(52(56)38-66)44-29-17-6-18-30-44/h1-36H. The van der Waals surface area contributed by atoms with Crippen LogP contribution in [-0.4, -0.2) is 30.1 Å². The molecule has 0 aliphatic rings. The zero-order valence-electron chi connectivity index (χ0n) is 38.8. The van der Waals surface area contributed by atoms with Gasteiger partial charge in [0.1, 0.15) is 12.1 Å². The monoisotopic (exact) mass is 932 g/mol. The predicted octanol–water partition coefficient (Wildman–Crippen LogP) is 15.3. The molecule has 8 aromatic carbocycles. The molecule has 0 aliphatic heterocycles. The van der Waals surface area contributed by atoms with E-state index in [1.54, 1.807) is 0 Å². The van der Waals surface area contributed by atoms with Crippen molar-refractivity contribution in [1.29, 1.82) is 10.5 Å². The highest BCUT2D eigenvalue weighted by atomic mass is 16.4. The average Bonchev–Trinajstić information content (AvgIpc) is 3.96. The fourth-order valence-corrected chi connectivity index (χ4v) is 9.95. The third kappa shape index (κ3) is 7.32. The van der Waals surface area contributed by atoms with Gasteiger partial charge in [-0.25, -0.2) is 19.9 Å². The third-order valence-corrected chi connectivity index (χ3v) is 13.3. The fourth-order valence-electron chi connectivity index (χ4n) is 9.95. The second-order valence-electron chi connectivity index (χ2n) is 17.6. The van der Waals surface area contributed by atoms with Crippen LogP contribution in [0, 0.1) is 22.7 Å². The topological polar surface area (TPSA) is 138 Å². The lowest BCUT2D eigenvalue weighted by atomic mass is 9.93. The van der Waals surface area contributed by atoms with Crippen molar-refractivity contribution < 1.29 is 4.42 Å². The fraction of sp³-hybridized carbons (Fsp3) is 0. The van der Waals surface area contributed by atoms with E-state index >= 15 is 0 Å². The molecule has 13 rings (SSSR count). The van der Waals surface area contributed by atoms with E-state index in [0.29, 0.717) is 55.4 Å². The number of benzene rings is 8. The molecule has 9 nitrogen and oxygen atoms in total. The summed E-state index contributed by atoms with van der Waals surface area (Å²) in [5.41, 5.74) is 13.4. The van der Waals surface area contributed by atoms with Gasteiger partial charge in [-0.3, -0.25) is 0 Å². The third-order valence-electron chi connectivity index (χ3n) is 13.3. The van der Waals surface area contributed by atoms with E-state index in [0.717, 1.165) is 66.7 Å². The van der Waals surface area contributed by atoms with Gasteiger partial charge in [-0.1, -0.05) is 206 Å². The minimum absolute atomic E-state index is 0.0738. The number of pyridine rings is 4. The summed E-state index contributed by atoms with van der Waals surface area (Å²) < 4.78 is 6.91. The molecule has 0 spiro atoms. The molecule has 0 fully saturated rings. The zero-order valence-corrected chi connectivity index (χ0v) is 38.8. The molecule has 0 saturated carbocycles. The molecule has 0 saturated heterocycles. The van der Waals surface area contributed by atoms with Gasteiger partial charge in [-0.2, -0.15) is 10.5 Å². The Kier molecular flexibility index (Phi) is 10.4. The molecule has 0 bridgehead atoms. The molecule has 5 aromatic heterocycles. The van der Waals surface area contributed by atoms with E-state index in [9.17, 15) is 10.5 Å². The van der Waals surface area contributed by atoms with Crippen LogP contribution in [0.3, 0.4) is 0 Å². The largest absolute Gasteiger partial charge is 0.416 e. The van der Waals surface area contributed by atoms with Gasteiger partial charge in [0.2, 0.25) is 11.8 Å². The Morgan fingerprint density at radius 1 is 0.315 bits per heavy atom. The van der Waals surface area contributed by atoms with Crippen molar-refractivity contribution >= 4 is 43.6 Å². The van der Waals surface area contributed by atoms with Crippen molar-refractivity contribution in [3.63, 3.8) is 0 Å². The SMILES string of the molecule is N#Cc1c(-c2ccccc2)nc2c(ccc3c(-c4ccccc4)cc(-c4ccccc4)nc32)c1-c1nnc(-c2c(C#N)c(-c3ccccc3)nc3c2ccc2c(-c4ccccc4)cc(-c4ccccc4)nc23)o1. The van der Waals surface area contributed by atoms with E-state index in [-0.39, 0.29) is 22.9 Å². The molecule has 73 heavy (non-hydrogen) atoms. The second kappa shape index (κ2) is 17.8. The Hall–Kier alpha value is -10.5. The van der Waals surface area contributed by atoms with E-state index in [1.165, 1.54) is 0 Å². The number of aromatic nitrogens is 6. The van der Waals surface area contributed by atoms with Crippen LogP contribution >= 0.6 is 0 Å². The molecule has 13 aromatic rings. The van der Waals surface area contributed by atoms with Crippen molar-refractivity contribution in [2.45, 2.75) is 0 Å². The van der Waals surface area contributed by atoms with E-state index in [1.807, 2.05) is 182 Å². The van der Waals surface area contributed by atoms with Crippen LogP contribution in [-0.2, 0) is 0 Å². The van der Waals surface area contributed by atoms with Gasteiger partial charge in [0.05, 0.1) is 67.1 Å². The average molecular weight is 933 g/mol. The van der Waals surface area contributed by atoms with Gasteiger partial charge in [0.25, 0.3) is 0 Å². The molecular formula is C64H36N8O. The van der Waals surface area contributed by atoms with E-state index < -0.39 is 0 Å². The predicted molar refractivity (Wildman–Crippen MR) is 288 cm³/mol. The first kappa shape index (κ1) is 42.6. The normalized spacial score (nSPS) is 11.3. The Balaban J connectivity index is 1.11. The van der Waals surface area contributed by atoms with Gasteiger partial charge >= 0.3 is 0 Å². The molecule has 0 amide bonds. The summed E-state index contributed by atoms with van der Waals surface area (Å²) in [6.07, 6.45) is 0. The van der Waals surface area contributed by atoms with Gasteiger partial charge < -0.3 is 4.42 Å². The number of nitriles is 2. The summed E-state index contributed by atoms with van der Waals surface area (Å²) in [7, 11) is 0. The lowest BCUT2D eigenvalue weighted by molar-refractivity contribution is 0.585. The molecule has 0 atom stereocenters. The van der Waals surface area contributed by atoms with E-state index in [4.69, 9.17) is 34.6 Å². The van der Waals surface area contributed by atoms with Crippen LogP contribution in [0.25, 0.3) is 134 Å². The quantitative estimate of drug-likeness (QED) is 0.136. The maximum absolute atomic E-state index is 11.2. The van der Waals surface area contributed by atoms with Gasteiger partial charge in [0, 0.05) is 43.8 Å². The van der Waals surface area contributed by atoms with E-state index in [2.05, 4.69) is 48.5 Å². The van der Waals surface area contributed by atoms with Gasteiger partial charge in [-0.05, 0) is 34.4 Å². The lowest BCUT2D eigenvalue weighted by Crippen LogP contribution is -1.99. The first-order valence-electron chi connectivity index (χ1n) is 23.7. The summed E-state index contributed by atoms with van der Waals surface area (Å²) in [6, 6.07) is 77.0. The number of fused-ring (bicyclic) bond motifs is 6. The summed E-state index contributed by atoms with van der Waals surface area (Å²) in [6.45, 7) is 0. The highest BCUT2D eigenvalue weighted by Crippen LogP contribution is 2.45. The summed E-state index contributed by atoms with van der Waals surface area (Å²) in [5, 5.41) is 35.0. The number of nitrogens with zero attached hydrogens (tertiary/aromatic N) is 8. The molecule has 338 valence electrons. The highest BCUT2D eigenvalue weighted by Gasteiger charge is 2.29. The maximum Gasteiger partial charge on any atom is 0.250 e. The second-order valence-corrected chi connectivity index (χ2v) is 17.6. The Bertz CT molecular complexity index is 4080. The molecule has 0 aliphatic carbocycles. The Morgan fingerprint density at radius 3 is 0.959 bits per heavy atom. The first-order valence-corrected chi connectivity index (χ1v) is 23.7. The zero-order chi connectivity index (χ0) is 48.8. The van der Waals surface area contributed by atoms with Crippen LogP contribution in [0.5, 0.6) is 0 Å². The number of rotatable bonds is 8.